The van der Waals surface area contributed by atoms with Crippen LogP contribution in [0.5, 0.6) is 0 Å². The molecule has 0 aliphatic carbocycles. The van der Waals surface area contributed by atoms with Gasteiger partial charge < -0.3 is 0 Å². The van der Waals surface area contributed by atoms with Crippen molar-refractivity contribution in [2.24, 2.45) is 4.76 Å². The normalized spacial score (nSPS) is 13.6. The van der Waals surface area contributed by atoms with Crippen LogP contribution in [-0.2, 0) is 0 Å². The first-order valence-electron chi connectivity index (χ1n) is 3.36. The van der Waals surface area contributed by atoms with Crippen LogP contribution in [0.15, 0.2) is 35.1 Å². The quantitative estimate of drug-likeness (QED) is 0.493. The Morgan fingerprint density at radius 2 is 2.00 bits per heavy atom. The van der Waals surface area contributed by atoms with Crippen LogP contribution in [-0.4, -0.2) is 12.9 Å². The van der Waals surface area contributed by atoms with E-state index in [1.165, 1.54) is 5.56 Å². The Bertz CT molecular complexity index is 231. The van der Waals surface area contributed by atoms with Crippen molar-refractivity contribution in [2.45, 2.75) is 0 Å². The van der Waals surface area contributed by atoms with Gasteiger partial charge in [0.1, 0.15) is 0 Å². The lowest BCUT2D eigenvalue weighted by molar-refractivity contribution is 1.67. The summed E-state index contributed by atoms with van der Waals surface area (Å²) >= 11 is 0. The molecule has 11 heavy (non-hydrogen) atoms. The molecule has 0 saturated heterocycles. The van der Waals surface area contributed by atoms with E-state index < -0.39 is 0 Å². The van der Waals surface area contributed by atoms with Crippen molar-refractivity contribution in [2.75, 3.05) is 6.66 Å². The van der Waals surface area contributed by atoms with Gasteiger partial charge in [0, 0.05) is 14.0 Å². The highest BCUT2D eigenvalue weighted by molar-refractivity contribution is 8.12. The fraction of sp³-hybridized carbons (Fsp3) is 0.125. The molecule has 0 bridgehead atoms. The van der Waals surface area contributed by atoms with Crippen molar-refractivity contribution in [1.29, 1.82) is 0 Å². The molecule has 0 aliphatic heterocycles. The molecular weight excluding hydrogens is 172 g/mol. The third-order valence-electron chi connectivity index (χ3n) is 1.19. The molecule has 58 valence electrons. The minimum absolute atomic E-state index is 0.238. The summed E-state index contributed by atoms with van der Waals surface area (Å²) in [6, 6.07) is 10.1. The monoisotopic (exact) mass is 183 g/mol. The average Bonchev–Trinajstić information content (AvgIpc) is 2.03. The molecule has 0 N–H and O–H groups in total. The summed E-state index contributed by atoms with van der Waals surface area (Å²) in [6.07, 6.45) is 1.92. The van der Waals surface area contributed by atoms with Crippen LogP contribution in [0.25, 0.3) is 0 Å². The molecule has 2 unspecified atom stereocenters. The van der Waals surface area contributed by atoms with Crippen LogP contribution in [0.1, 0.15) is 5.56 Å². The zero-order chi connectivity index (χ0) is 8.10. The fourth-order valence-corrected chi connectivity index (χ4v) is 1.21. The van der Waals surface area contributed by atoms with Crippen LogP contribution in [0.3, 0.4) is 0 Å². The standard InChI is InChI=1S/C8H11NP2/c1-11(10)9-7-8-5-3-2-4-6-8/h2-7H,10H2,1H3. The lowest BCUT2D eigenvalue weighted by Crippen LogP contribution is -1.75. The SMILES string of the molecule is CP(P)N=Cc1ccccc1. The maximum absolute atomic E-state index is 4.30. The summed E-state index contributed by atoms with van der Waals surface area (Å²) in [6.45, 7) is 2.10. The maximum Gasteiger partial charge on any atom is 0.0332 e. The Morgan fingerprint density at radius 1 is 1.36 bits per heavy atom. The molecule has 0 aromatic heterocycles. The van der Waals surface area contributed by atoms with Gasteiger partial charge >= 0.3 is 0 Å². The van der Waals surface area contributed by atoms with E-state index in [0.717, 1.165) is 0 Å². The third kappa shape index (κ3) is 3.60. The lowest BCUT2D eigenvalue weighted by atomic mass is 10.2. The van der Waals surface area contributed by atoms with E-state index in [2.05, 4.69) is 20.4 Å². The predicted molar refractivity (Wildman–Crippen MR) is 56.6 cm³/mol. The van der Waals surface area contributed by atoms with Gasteiger partial charge in [-0.3, -0.25) is 4.76 Å². The van der Waals surface area contributed by atoms with E-state index in [9.17, 15) is 0 Å². The number of hydrogen-bond donors (Lipinski definition) is 0. The molecule has 3 heteroatoms. The molecule has 1 nitrogen and oxygen atoms in total. The molecule has 1 rings (SSSR count). The second-order valence-electron chi connectivity index (χ2n) is 2.23. The highest BCUT2D eigenvalue weighted by Crippen LogP contribution is 2.40. The molecule has 0 heterocycles. The largest absolute Gasteiger partial charge is 0.265 e. The Morgan fingerprint density at radius 3 is 2.55 bits per heavy atom. The lowest BCUT2D eigenvalue weighted by Gasteiger charge is -1.94. The Labute approximate surface area is 70.8 Å². The van der Waals surface area contributed by atoms with E-state index in [4.69, 9.17) is 0 Å². The molecule has 0 spiro atoms. The van der Waals surface area contributed by atoms with Crippen molar-refractivity contribution >= 4 is 22.9 Å². The zero-order valence-corrected chi connectivity index (χ0v) is 8.49. The smallest absolute Gasteiger partial charge is 0.0332 e. The van der Waals surface area contributed by atoms with Gasteiger partial charge in [0.05, 0.1) is 0 Å². The molecule has 1 aromatic carbocycles. The second kappa shape index (κ2) is 4.59. The number of nitrogens with zero attached hydrogens (tertiary/aromatic N) is 1. The molecule has 0 fully saturated rings. The van der Waals surface area contributed by atoms with Crippen molar-refractivity contribution in [3.05, 3.63) is 35.9 Å². The first-order chi connectivity index (χ1) is 5.29. The van der Waals surface area contributed by atoms with E-state index >= 15 is 0 Å². The minimum Gasteiger partial charge on any atom is -0.265 e. The fourth-order valence-electron chi connectivity index (χ4n) is 0.697. The molecule has 0 amide bonds. The third-order valence-corrected chi connectivity index (χ3v) is 2.07. The summed E-state index contributed by atoms with van der Waals surface area (Å²) in [7, 11) is 2.46. The topological polar surface area (TPSA) is 12.4 Å². The Hall–Kier alpha value is -0.250. The number of benzene rings is 1. The summed E-state index contributed by atoms with van der Waals surface area (Å²) < 4.78 is 4.30. The second-order valence-corrected chi connectivity index (χ2v) is 5.85. The molecule has 1 aromatic rings. The van der Waals surface area contributed by atoms with Gasteiger partial charge in [0.25, 0.3) is 0 Å². The number of rotatable bonds is 2. The van der Waals surface area contributed by atoms with Crippen molar-refractivity contribution in [3.63, 3.8) is 0 Å². The van der Waals surface area contributed by atoms with Gasteiger partial charge in [-0.1, -0.05) is 39.3 Å². The molecule has 2 atom stereocenters. The van der Waals surface area contributed by atoms with E-state index in [-0.39, 0.29) is 7.76 Å². The van der Waals surface area contributed by atoms with Crippen LogP contribution < -0.4 is 0 Å². The van der Waals surface area contributed by atoms with Crippen molar-refractivity contribution in [1.82, 2.24) is 0 Å². The van der Waals surface area contributed by atoms with Gasteiger partial charge in [-0.05, 0) is 12.2 Å². The van der Waals surface area contributed by atoms with Crippen LogP contribution >= 0.6 is 16.7 Å². The van der Waals surface area contributed by atoms with Gasteiger partial charge in [-0.25, -0.2) is 0 Å². The zero-order valence-electron chi connectivity index (χ0n) is 6.44. The average molecular weight is 183 g/mol. The van der Waals surface area contributed by atoms with E-state index in [0.29, 0.717) is 0 Å². The summed E-state index contributed by atoms with van der Waals surface area (Å²) in [4.78, 5) is 0. The van der Waals surface area contributed by atoms with Crippen molar-refractivity contribution in [3.8, 4) is 0 Å². The predicted octanol–water partition coefficient (Wildman–Crippen LogP) is 2.92. The van der Waals surface area contributed by atoms with Crippen LogP contribution in [0.4, 0.5) is 0 Å². The first-order valence-corrected chi connectivity index (χ1v) is 6.72. The Balaban J connectivity index is 2.65. The van der Waals surface area contributed by atoms with Gasteiger partial charge in [-0.2, -0.15) is 0 Å². The van der Waals surface area contributed by atoms with Gasteiger partial charge in [-0.15, -0.1) is 0 Å². The van der Waals surface area contributed by atoms with E-state index in [1.807, 2.05) is 36.5 Å². The summed E-state index contributed by atoms with van der Waals surface area (Å²) in [5.41, 5.74) is 1.17. The minimum atomic E-state index is -0.238. The van der Waals surface area contributed by atoms with Crippen LogP contribution in [0.2, 0.25) is 0 Å². The highest BCUT2D eigenvalue weighted by Gasteiger charge is 1.85. The highest BCUT2D eigenvalue weighted by atomic mass is 32.0. The van der Waals surface area contributed by atoms with E-state index in [1.54, 1.807) is 0 Å². The van der Waals surface area contributed by atoms with Gasteiger partial charge in [0.15, 0.2) is 0 Å². The first kappa shape index (κ1) is 8.84. The van der Waals surface area contributed by atoms with Crippen molar-refractivity contribution < 1.29 is 0 Å². The van der Waals surface area contributed by atoms with Crippen LogP contribution in [0, 0.1) is 0 Å². The Kier molecular flexibility index (Phi) is 3.69. The van der Waals surface area contributed by atoms with Gasteiger partial charge in [0.2, 0.25) is 0 Å². The summed E-state index contributed by atoms with van der Waals surface area (Å²) in [5.74, 6) is 0. The molecule has 0 aliphatic rings. The molecular formula is C8H11NP2. The number of hydrogen-bond acceptors (Lipinski definition) is 1. The maximum atomic E-state index is 4.30. The molecule has 0 radical (unpaired) electrons. The summed E-state index contributed by atoms with van der Waals surface area (Å²) in [5, 5.41) is 0. The molecule has 0 saturated carbocycles.